The molecule has 2 rings (SSSR count). The van der Waals surface area contributed by atoms with Gasteiger partial charge < -0.3 is 10.0 Å². The molecule has 0 aromatic heterocycles. The van der Waals surface area contributed by atoms with Crippen molar-refractivity contribution in [3.8, 4) is 0 Å². The zero-order chi connectivity index (χ0) is 12.3. The topological polar surface area (TPSA) is 23.5 Å². The summed E-state index contributed by atoms with van der Waals surface area (Å²) in [5, 5.41) is 9.19. The van der Waals surface area contributed by atoms with Crippen LogP contribution < -0.4 is 4.90 Å². The van der Waals surface area contributed by atoms with Crippen LogP contribution in [0.2, 0.25) is 0 Å². The van der Waals surface area contributed by atoms with E-state index in [2.05, 4.69) is 30.2 Å². The Morgan fingerprint density at radius 1 is 1.24 bits per heavy atom. The Morgan fingerprint density at radius 3 is 2.65 bits per heavy atom. The third kappa shape index (κ3) is 2.16. The van der Waals surface area contributed by atoms with E-state index in [1.54, 1.807) is 11.8 Å². The van der Waals surface area contributed by atoms with Crippen molar-refractivity contribution in [3.05, 3.63) is 60.2 Å². The van der Waals surface area contributed by atoms with Gasteiger partial charge in [0.05, 0.1) is 18.0 Å². The highest BCUT2D eigenvalue weighted by Gasteiger charge is 2.21. The van der Waals surface area contributed by atoms with Crippen LogP contribution in [0, 0.1) is 0 Å². The molecular formula is C14H15NOS. The number of aliphatic hydroxyl groups excluding tert-OH is 1. The van der Waals surface area contributed by atoms with Gasteiger partial charge in [0.15, 0.2) is 0 Å². The molecule has 0 spiro atoms. The molecule has 17 heavy (non-hydrogen) atoms. The number of allylic oxidation sites excluding steroid dienone is 2. The second kappa shape index (κ2) is 5.25. The Kier molecular flexibility index (Phi) is 3.71. The maximum atomic E-state index is 9.19. The molecule has 0 radical (unpaired) electrons. The van der Waals surface area contributed by atoms with Gasteiger partial charge in [-0.25, -0.2) is 0 Å². The molecule has 0 saturated carbocycles. The van der Waals surface area contributed by atoms with E-state index >= 15 is 0 Å². The first-order valence-electron chi connectivity index (χ1n) is 5.46. The third-order valence-electron chi connectivity index (χ3n) is 2.62. The minimum atomic E-state index is 0.112. The van der Waals surface area contributed by atoms with E-state index in [1.165, 1.54) is 4.90 Å². The zero-order valence-electron chi connectivity index (χ0n) is 9.60. The summed E-state index contributed by atoms with van der Waals surface area (Å²) in [6, 6.07) is 8.15. The summed E-state index contributed by atoms with van der Waals surface area (Å²) >= 11 is 1.69. The van der Waals surface area contributed by atoms with Gasteiger partial charge in [0.2, 0.25) is 0 Å². The lowest BCUT2D eigenvalue weighted by Gasteiger charge is -2.32. The number of anilines is 1. The van der Waals surface area contributed by atoms with Crippen molar-refractivity contribution < 1.29 is 5.11 Å². The highest BCUT2D eigenvalue weighted by atomic mass is 32.2. The van der Waals surface area contributed by atoms with E-state index in [9.17, 15) is 5.11 Å². The second-order valence-corrected chi connectivity index (χ2v) is 4.69. The van der Waals surface area contributed by atoms with Crippen LogP contribution >= 0.6 is 11.8 Å². The molecule has 0 unspecified atom stereocenters. The largest absolute Gasteiger partial charge is 0.395 e. The molecule has 1 heterocycles. The summed E-state index contributed by atoms with van der Waals surface area (Å²) < 4.78 is 0. The van der Waals surface area contributed by atoms with E-state index in [1.807, 2.05) is 24.3 Å². The van der Waals surface area contributed by atoms with Gasteiger partial charge in [-0.1, -0.05) is 43.1 Å². The van der Waals surface area contributed by atoms with E-state index in [0.29, 0.717) is 6.54 Å². The van der Waals surface area contributed by atoms with E-state index in [4.69, 9.17) is 0 Å². The molecular weight excluding hydrogens is 230 g/mol. The normalized spacial score (nSPS) is 14.5. The summed E-state index contributed by atoms with van der Waals surface area (Å²) in [5.74, 6) is 0. The molecule has 0 saturated heterocycles. The molecule has 0 atom stereocenters. The van der Waals surface area contributed by atoms with Crippen LogP contribution in [0.15, 0.2) is 65.1 Å². The van der Waals surface area contributed by atoms with Gasteiger partial charge in [0.25, 0.3) is 0 Å². The number of benzene rings is 1. The average Bonchev–Trinajstić information content (AvgIpc) is 2.38. The number of fused-ring (bicyclic) bond motifs is 1. The molecule has 88 valence electrons. The van der Waals surface area contributed by atoms with Crippen molar-refractivity contribution in [1.82, 2.24) is 0 Å². The molecule has 1 aromatic carbocycles. The van der Waals surface area contributed by atoms with Crippen molar-refractivity contribution in [2.24, 2.45) is 0 Å². The van der Waals surface area contributed by atoms with Gasteiger partial charge in [-0.2, -0.15) is 0 Å². The van der Waals surface area contributed by atoms with Gasteiger partial charge >= 0.3 is 0 Å². The monoisotopic (exact) mass is 245 g/mol. The van der Waals surface area contributed by atoms with Gasteiger partial charge in [-0.15, -0.1) is 0 Å². The maximum Gasteiger partial charge on any atom is 0.0610 e. The summed E-state index contributed by atoms with van der Waals surface area (Å²) in [6.45, 7) is 8.36. The number of hydrogen-bond donors (Lipinski definition) is 1. The number of rotatable bonds is 4. The Bertz CT molecular complexity index is 479. The Balaban J connectivity index is 2.53. The summed E-state index contributed by atoms with van der Waals surface area (Å²) in [6.07, 6.45) is 3.65. The number of thioether (sulfide) groups is 1. The summed E-state index contributed by atoms with van der Waals surface area (Å²) in [7, 11) is 0. The Morgan fingerprint density at radius 2 is 2.00 bits per heavy atom. The highest BCUT2D eigenvalue weighted by Crippen LogP contribution is 2.43. The average molecular weight is 245 g/mol. The first kappa shape index (κ1) is 12.0. The molecule has 2 nitrogen and oxygen atoms in total. The first-order chi connectivity index (χ1) is 8.31. The fraction of sp³-hybridized carbons (Fsp3) is 0.143. The van der Waals surface area contributed by atoms with Crippen LogP contribution in [0.5, 0.6) is 0 Å². The third-order valence-corrected chi connectivity index (χ3v) is 3.78. The van der Waals surface area contributed by atoms with E-state index < -0.39 is 0 Å². The number of aliphatic hydroxyl groups is 1. The van der Waals surface area contributed by atoms with E-state index in [-0.39, 0.29) is 6.61 Å². The van der Waals surface area contributed by atoms with Crippen molar-refractivity contribution in [3.63, 3.8) is 0 Å². The standard InChI is InChI=1S/C14H15NOS/c1-3-11-13(4-2)17-14-8-6-5-7-12(14)15(11)9-10-16/h3-8,16H,1-2,9-10H2. The van der Waals surface area contributed by atoms with Crippen LogP contribution in [-0.2, 0) is 0 Å². The van der Waals surface area contributed by atoms with Crippen LogP contribution in [-0.4, -0.2) is 18.3 Å². The van der Waals surface area contributed by atoms with Crippen LogP contribution in [0.25, 0.3) is 0 Å². The van der Waals surface area contributed by atoms with Gasteiger partial charge in [0, 0.05) is 16.3 Å². The Hall–Kier alpha value is -1.45. The van der Waals surface area contributed by atoms with Gasteiger partial charge in [-0.3, -0.25) is 0 Å². The second-order valence-electron chi connectivity index (χ2n) is 3.60. The first-order valence-corrected chi connectivity index (χ1v) is 6.28. The molecule has 1 aliphatic heterocycles. The summed E-state index contributed by atoms with van der Waals surface area (Å²) in [4.78, 5) is 4.34. The minimum absolute atomic E-state index is 0.112. The molecule has 0 bridgehead atoms. The van der Waals surface area contributed by atoms with Crippen molar-refractivity contribution in [1.29, 1.82) is 0 Å². The summed E-state index contributed by atoms with van der Waals surface area (Å²) in [5.41, 5.74) is 2.13. The Labute approximate surface area is 106 Å². The van der Waals surface area contributed by atoms with Gasteiger partial charge in [-0.05, 0) is 18.2 Å². The molecule has 3 heteroatoms. The molecule has 1 aliphatic rings. The lowest BCUT2D eigenvalue weighted by atomic mass is 10.2. The smallest absolute Gasteiger partial charge is 0.0610 e. The fourth-order valence-electron chi connectivity index (χ4n) is 1.90. The van der Waals surface area contributed by atoms with Gasteiger partial charge in [0.1, 0.15) is 0 Å². The number of para-hydroxylation sites is 1. The van der Waals surface area contributed by atoms with Crippen LogP contribution in [0.4, 0.5) is 5.69 Å². The molecule has 1 N–H and O–H groups in total. The molecule has 0 amide bonds. The number of β-amino-alcohol motifs (C(OH)–C–C–N with tert-alkyl or cyclic N) is 1. The quantitative estimate of drug-likeness (QED) is 0.881. The number of hydrogen-bond acceptors (Lipinski definition) is 3. The zero-order valence-corrected chi connectivity index (χ0v) is 10.4. The highest BCUT2D eigenvalue weighted by molar-refractivity contribution is 8.03. The number of nitrogens with zero attached hydrogens (tertiary/aromatic N) is 1. The van der Waals surface area contributed by atoms with E-state index in [0.717, 1.165) is 16.3 Å². The molecule has 0 aliphatic carbocycles. The molecule has 1 aromatic rings. The van der Waals surface area contributed by atoms with Crippen LogP contribution in [0.1, 0.15) is 0 Å². The van der Waals surface area contributed by atoms with Crippen molar-refractivity contribution in [2.75, 3.05) is 18.1 Å². The fourth-order valence-corrected chi connectivity index (χ4v) is 2.95. The lowest BCUT2D eigenvalue weighted by molar-refractivity contribution is 0.304. The lowest BCUT2D eigenvalue weighted by Crippen LogP contribution is -2.28. The molecule has 0 fully saturated rings. The SMILES string of the molecule is C=CC1=C(C=C)N(CCO)c2ccccc2S1. The predicted octanol–water partition coefficient (Wildman–Crippen LogP) is 3.17. The van der Waals surface area contributed by atoms with Crippen molar-refractivity contribution >= 4 is 17.4 Å². The predicted molar refractivity (Wildman–Crippen MR) is 74.2 cm³/mol. The van der Waals surface area contributed by atoms with Crippen molar-refractivity contribution in [2.45, 2.75) is 4.90 Å². The maximum absolute atomic E-state index is 9.19. The minimum Gasteiger partial charge on any atom is -0.395 e. The van der Waals surface area contributed by atoms with Crippen LogP contribution in [0.3, 0.4) is 0 Å².